The largest absolute Gasteiger partial charge is 0.341 e. The summed E-state index contributed by atoms with van der Waals surface area (Å²) in [5, 5.41) is 0. The molecule has 1 atom stereocenters. The Morgan fingerprint density at radius 3 is 2.24 bits per heavy atom. The molecule has 0 bridgehead atoms. The molecule has 90 valence electrons. The molecule has 17 heavy (non-hydrogen) atoms. The topological polar surface area (TPSA) is 54.7 Å². The molecule has 0 amide bonds. The monoisotopic (exact) mass is 229 g/mol. The molecular formula is C14H19N3. The fourth-order valence-corrected chi connectivity index (χ4v) is 1.74. The molecule has 0 aliphatic heterocycles. The van der Waals surface area contributed by atoms with E-state index in [1.165, 1.54) is 5.56 Å². The molecule has 3 heteroatoms. The van der Waals surface area contributed by atoms with E-state index in [4.69, 9.17) is 5.73 Å². The van der Waals surface area contributed by atoms with E-state index in [2.05, 4.69) is 48.1 Å². The maximum atomic E-state index is 5.80. The molecule has 0 aliphatic carbocycles. The van der Waals surface area contributed by atoms with Crippen LogP contribution in [-0.2, 0) is 0 Å². The van der Waals surface area contributed by atoms with Gasteiger partial charge in [0.25, 0.3) is 0 Å². The normalized spacial score (nSPS) is 13.0. The number of nitrogens with two attached hydrogens (primary N) is 1. The van der Waals surface area contributed by atoms with E-state index in [9.17, 15) is 0 Å². The molecule has 0 saturated carbocycles. The second kappa shape index (κ2) is 4.72. The van der Waals surface area contributed by atoms with E-state index < -0.39 is 0 Å². The average molecular weight is 229 g/mol. The van der Waals surface area contributed by atoms with E-state index in [-0.39, 0.29) is 6.04 Å². The van der Waals surface area contributed by atoms with Gasteiger partial charge in [-0.25, -0.2) is 4.98 Å². The number of benzene rings is 1. The van der Waals surface area contributed by atoms with Crippen molar-refractivity contribution in [2.45, 2.75) is 32.7 Å². The summed E-state index contributed by atoms with van der Waals surface area (Å²) in [5.41, 5.74) is 9.20. The van der Waals surface area contributed by atoms with Gasteiger partial charge in [-0.15, -0.1) is 0 Å². The Hall–Kier alpha value is -1.61. The minimum atomic E-state index is -0.00816. The number of hydrogen-bond acceptors (Lipinski definition) is 2. The fourth-order valence-electron chi connectivity index (χ4n) is 1.74. The predicted octanol–water partition coefficient (Wildman–Crippen LogP) is 3.22. The zero-order valence-electron chi connectivity index (χ0n) is 10.6. The second-order valence-corrected chi connectivity index (χ2v) is 4.75. The zero-order chi connectivity index (χ0) is 12.4. The lowest BCUT2D eigenvalue weighted by Gasteiger charge is -2.05. The maximum absolute atomic E-state index is 5.80. The minimum absolute atomic E-state index is 0.00816. The van der Waals surface area contributed by atoms with Gasteiger partial charge in [0.15, 0.2) is 0 Å². The molecule has 0 fully saturated rings. The number of nitrogens with zero attached hydrogens (tertiary/aromatic N) is 1. The number of imidazole rings is 1. The average Bonchev–Trinajstić information content (AvgIpc) is 2.78. The first-order valence-electron chi connectivity index (χ1n) is 5.98. The van der Waals surface area contributed by atoms with Crippen LogP contribution < -0.4 is 5.73 Å². The Bertz CT molecular complexity index is 480. The number of rotatable bonds is 3. The molecule has 1 heterocycles. The molecule has 0 spiro atoms. The van der Waals surface area contributed by atoms with Crippen molar-refractivity contribution in [1.82, 2.24) is 9.97 Å². The third-order valence-electron chi connectivity index (χ3n) is 2.94. The highest BCUT2D eigenvalue weighted by atomic mass is 14.9. The van der Waals surface area contributed by atoms with Crippen molar-refractivity contribution in [3.05, 3.63) is 41.7 Å². The van der Waals surface area contributed by atoms with Crippen LogP contribution in [0.5, 0.6) is 0 Å². The van der Waals surface area contributed by atoms with Crippen LogP contribution in [0.4, 0.5) is 0 Å². The van der Waals surface area contributed by atoms with Gasteiger partial charge in [0.05, 0.1) is 11.9 Å². The summed E-state index contributed by atoms with van der Waals surface area (Å²) in [6.45, 7) is 6.32. The van der Waals surface area contributed by atoms with Gasteiger partial charge >= 0.3 is 0 Å². The zero-order valence-corrected chi connectivity index (χ0v) is 10.6. The molecule has 1 aromatic carbocycles. The SMILES string of the molecule is CC(C)c1ccc(-c2ncc(C(C)N)[nH]2)cc1. The molecule has 1 aromatic heterocycles. The van der Waals surface area contributed by atoms with Gasteiger partial charge in [0.2, 0.25) is 0 Å². The van der Waals surface area contributed by atoms with Crippen molar-refractivity contribution in [3.8, 4) is 11.4 Å². The quantitative estimate of drug-likeness (QED) is 0.849. The van der Waals surface area contributed by atoms with Gasteiger partial charge in [-0.2, -0.15) is 0 Å². The van der Waals surface area contributed by atoms with Gasteiger partial charge in [-0.3, -0.25) is 0 Å². The van der Waals surface area contributed by atoms with Gasteiger partial charge in [0.1, 0.15) is 5.82 Å². The molecule has 0 saturated heterocycles. The highest BCUT2D eigenvalue weighted by molar-refractivity contribution is 5.56. The Balaban J connectivity index is 2.27. The summed E-state index contributed by atoms with van der Waals surface area (Å²) >= 11 is 0. The lowest BCUT2D eigenvalue weighted by molar-refractivity contribution is 0.789. The highest BCUT2D eigenvalue weighted by Gasteiger charge is 2.06. The standard InChI is InChI=1S/C14H19N3/c1-9(2)11-4-6-12(7-5-11)14-16-8-13(17-14)10(3)15/h4-10H,15H2,1-3H3,(H,16,17). The van der Waals surface area contributed by atoms with Crippen LogP contribution in [0.15, 0.2) is 30.5 Å². The lowest BCUT2D eigenvalue weighted by Crippen LogP contribution is -2.04. The van der Waals surface area contributed by atoms with E-state index in [1.54, 1.807) is 6.20 Å². The molecular weight excluding hydrogens is 210 g/mol. The third-order valence-corrected chi connectivity index (χ3v) is 2.94. The van der Waals surface area contributed by atoms with E-state index in [0.29, 0.717) is 5.92 Å². The molecule has 3 nitrogen and oxygen atoms in total. The van der Waals surface area contributed by atoms with Crippen LogP contribution in [0.1, 0.15) is 44.0 Å². The summed E-state index contributed by atoms with van der Waals surface area (Å²) in [6, 6.07) is 8.48. The third kappa shape index (κ3) is 2.56. The summed E-state index contributed by atoms with van der Waals surface area (Å²) < 4.78 is 0. The molecule has 0 aliphatic rings. The first kappa shape index (κ1) is 11.9. The summed E-state index contributed by atoms with van der Waals surface area (Å²) in [4.78, 5) is 7.59. The van der Waals surface area contributed by atoms with Gasteiger partial charge in [-0.05, 0) is 18.4 Å². The summed E-state index contributed by atoms with van der Waals surface area (Å²) in [5.74, 6) is 1.44. The number of aromatic amines is 1. The van der Waals surface area contributed by atoms with Gasteiger partial charge < -0.3 is 10.7 Å². The maximum Gasteiger partial charge on any atom is 0.137 e. The van der Waals surface area contributed by atoms with Crippen LogP contribution in [0.2, 0.25) is 0 Å². The first-order chi connectivity index (χ1) is 8.08. The van der Waals surface area contributed by atoms with Crippen LogP contribution >= 0.6 is 0 Å². The molecule has 2 aromatic rings. The fraction of sp³-hybridized carbons (Fsp3) is 0.357. The molecule has 2 rings (SSSR count). The van der Waals surface area contributed by atoms with Crippen molar-refractivity contribution in [1.29, 1.82) is 0 Å². The van der Waals surface area contributed by atoms with Crippen molar-refractivity contribution in [2.75, 3.05) is 0 Å². The highest BCUT2D eigenvalue weighted by Crippen LogP contribution is 2.21. The first-order valence-corrected chi connectivity index (χ1v) is 5.98. The summed E-state index contributed by atoms with van der Waals surface area (Å²) in [7, 11) is 0. The van der Waals surface area contributed by atoms with Gasteiger partial charge in [-0.1, -0.05) is 38.1 Å². The molecule has 0 radical (unpaired) electrons. The van der Waals surface area contributed by atoms with Crippen molar-refractivity contribution in [2.24, 2.45) is 5.73 Å². The van der Waals surface area contributed by atoms with E-state index in [1.807, 2.05) is 6.92 Å². The Labute approximate surface area is 102 Å². The smallest absolute Gasteiger partial charge is 0.137 e. The lowest BCUT2D eigenvalue weighted by atomic mass is 10.0. The van der Waals surface area contributed by atoms with Crippen LogP contribution in [0.3, 0.4) is 0 Å². The van der Waals surface area contributed by atoms with Crippen molar-refractivity contribution in [3.63, 3.8) is 0 Å². The van der Waals surface area contributed by atoms with Crippen molar-refractivity contribution < 1.29 is 0 Å². The van der Waals surface area contributed by atoms with Gasteiger partial charge in [0, 0.05) is 11.6 Å². The second-order valence-electron chi connectivity index (χ2n) is 4.75. The minimum Gasteiger partial charge on any atom is -0.341 e. The van der Waals surface area contributed by atoms with Crippen LogP contribution in [0, 0.1) is 0 Å². The van der Waals surface area contributed by atoms with Crippen LogP contribution in [-0.4, -0.2) is 9.97 Å². The van der Waals surface area contributed by atoms with E-state index >= 15 is 0 Å². The molecule has 1 unspecified atom stereocenters. The summed E-state index contributed by atoms with van der Waals surface area (Å²) in [6.07, 6.45) is 1.80. The number of aromatic nitrogens is 2. The Kier molecular flexibility index (Phi) is 3.29. The number of hydrogen-bond donors (Lipinski definition) is 2. The van der Waals surface area contributed by atoms with E-state index in [0.717, 1.165) is 17.1 Å². The number of H-pyrrole nitrogens is 1. The number of nitrogens with one attached hydrogen (secondary N) is 1. The van der Waals surface area contributed by atoms with Crippen LogP contribution in [0.25, 0.3) is 11.4 Å². The predicted molar refractivity (Wildman–Crippen MR) is 70.7 cm³/mol. The Morgan fingerprint density at radius 1 is 1.12 bits per heavy atom. The molecule has 3 N–H and O–H groups in total. The van der Waals surface area contributed by atoms with Crippen molar-refractivity contribution >= 4 is 0 Å². The Morgan fingerprint density at radius 2 is 1.76 bits per heavy atom.